The molecule has 8 nitrogen and oxygen atoms in total. The molecule has 0 saturated carbocycles. The van der Waals surface area contributed by atoms with Crippen molar-refractivity contribution in [3.8, 4) is 5.69 Å². The van der Waals surface area contributed by atoms with E-state index in [2.05, 4.69) is 15.3 Å². The van der Waals surface area contributed by atoms with E-state index >= 15 is 0 Å². The van der Waals surface area contributed by atoms with E-state index in [1.54, 1.807) is 6.20 Å². The Hall–Kier alpha value is -2.01. The molecular weight excluding hydrogens is 432 g/mol. The van der Waals surface area contributed by atoms with Crippen LogP contribution >= 0.6 is 23.8 Å². The highest BCUT2D eigenvalue weighted by Gasteiger charge is 2.30. The zero-order chi connectivity index (χ0) is 20.6. The van der Waals surface area contributed by atoms with Gasteiger partial charge in [-0.2, -0.15) is 10.2 Å². The van der Waals surface area contributed by atoms with Crippen molar-refractivity contribution in [3.05, 3.63) is 57.8 Å². The fourth-order valence-electron chi connectivity index (χ4n) is 3.62. The summed E-state index contributed by atoms with van der Waals surface area (Å²) in [6.45, 7) is 1.54. The lowest BCUT2D eigenvalue weighted by molar-refractivity contribution is 0.309. The maximum absolute atomic E-state index is 12.0. The van der Waals surface area contributed by atoms with Crippen LogP contribution in [0.4, 0.5) is 0 Å². The van der Waals surface area contributed by atoms with Crippen LogP contribution in [-0.4, -0.2) is 56.6 Å². The molecule has 1 fully saturated rings. The lowest BCUT2D eigenvalue weighted by atomic mass is 9.99. The predicted octanol–water partition coefficient (Wildman–Crippen LogP) is 2.97. The number of aromatic amines is 1. The SMILES string of the molecule is CS(=O)(=O)N1CCC[C@@H](c2n[nH]c(=S)n2-c2cnn(Cc3ccc(Cl)cc3)c2)C1. The number of aromatic nitrogens is 5. The highest BCUT2D eigenvalue weighted by Crippen LogP contribution is 2.28. The van der Waals surface area contributed by atoms with Crippen molar-refractivity contribution in [3.63, 3.8) is 0 Å². The van der Waals surface area contributed by atoms with E-state index in [0.29, 0.717) is 29.4 Å². The van der Waals surface area contributed by atoms with Crippen LogP contribution in [0.15, 0.2) is 36.7 Å². The Morgan fingerprint density at radius 3 is 2.79 bits per heavy atom. The fraction of sp³-hybridized carbons (Fsp3) is 0.389. The van der Waals surface area contributed by atoms with Crippen molar-refractivity contribution >= 4 is 33.8 Å². The van der Waals surface area contributed by atoms with E-state index in [1.165, 1.54) is 10.6 Å². The van der Waals surface area contributed by atoms with E-state index in [0.717, 1.165) is 29.9 Å². The minimum absolute atomic E-state index is 0.0361. The van der Waals surface area contributed by atoms with Crippen LogP contribution in [0.3, 0.4) is 0 Å². The molecule has 29 heavy (non-hydrogen) atoms. The first-order valence-corrected chi connectivity index (χ1v) is 11.8. The third-order valence-electron chi connectivity index (χ3n) is 5.05. The molecule has 0 radical (unpaired) electrons. The van der Waals surface area contributed by atoms with E-state index in [1.807, 2.05) is 39.7 Å². The predicted molar refractivity (Wildman–Crippen MR) is 113 cm³/mol. The van der Waals surface area contributed by atoms with Gasteiger partial charge in [-0.15, -0.1) is 0 Å². The second kappa shape index (κ2) is 8.02. The summed E-state index contributed by atoms with van der Waals surface area (Å²) in [7, 11) is -3.24. The van der Waals surface area contributed by atoms with Gasteiger partial charge < -0.3 is 0 Å². The van der Waals surface area contributed by atoms with Crippen LogP contribution in [-0.2, 0) is 16.6 Å². The molecule has 154 valence electrons. The van der Waals surface area contributed by atoms with Gasteiger partial charge in [0.25, 0.3) is 0 Å². The van der Waals surface area contributed by atoms with Gasteiger partial charge in [-0.05, 0) is 42.8 Å². The average molecular weight is 453 g/mol. The molecule has 11 heteroatoms. The summed E-state index contributed by atoms with van der Waals surface area (Å²) in [6, 6.07) is 7.62. The maximum Gasteiger partial charge on any atom is 0.211 e. The Kier molecular flexibility index (Phi) is 5.60. The quantitative estimate of drug-likeness (QED) is 0.601. The van der Waals surface area contributed by atoms with Crippen molar-refractivity contribution in [2.24, 2.45) is 0 Å². The number of H-pyrrole nitrogens is 1. The Morgan fingerprint density at radius 2 is 2.07 bits per heavy atom. The number of nitrogens with zero attached hydrogens (tertiary/aromatic N) is 5. The Bertz CT molecular complexity index is 1170. The van der Waals surface area contributed by atoms with Gasteiger partial charge in [0.05, 0.1) is 24.7 Å². The summed E-state index contributed by atoms with van der Waals surface area (Å²) in [5.41, 5.74) is 1.88. The first kappa shape index (κ1) is 20.3. The molecule has 0 unspecified atom stereocenters. The van der Waals surface area contributed by atoms with E-state index in [9.17, 15) is 8.42 Å². The zero-order valence-electron chi connectivity index (χ0n) is 15.8. The molecule has 0 bridgehead atoms. The molecule has 2 aromatic heterocycles. The fourth-order valence-corrected chi connectivity index (χ4v) is 4.90. The molecule has 0 amide bonds. The number of nitrogens with one attached hydrogen (secondary N) is 1. The third-order valence-corrected chi connectivity index (χ3v) is 6.85. The molecular formula is C18H21ClN6O2S2. The number of hydrogen-bond donors (Lipinski definition) is 1. The zero-order valence-corrected chi connectivity index (χ0v) is 18.2. The van der Waals surface area contributed by atoms with Crippen molar-refractivity contribution in [1.82, 2.24) is 28.9 Å². The van der Waals surface area contributed by atoms with Gasteiger partial charge >= 0.3 is 0 Å². The van der Waals surface area contributed by atoms with E-state index in [4.69, 9.17) is 23.8 Å². The highest BCUT2D eigenvalue weighted by atomic mass is 35.5. The van der Waals surface area contributed by atoms with Crippen LogP contribution in [0, 0.1) is 4.77 Å². The molecule has 1 atom stereocenters. The molecule has 1 N–H and O–H groups in total. The summed E-state index contributed by atoms with van der Waals surface area (Å²) in [4.78, 5) is 0. The first-order chi connectivity index (χ1) is 13.8. The molecule has 4 rings (SSSR count). The molecule has 1 aliphatic rings. The van der Waals surface area contributed by atoms with Crippen molar-refractivity contribution in [1.29, 1.82) is 0 Å². The highest BCUT2D eigenvalue weighted by molar-refractivity contribution is 7.88. The molecule has 0 aliphatic carbocycles. The van der Waals surface area contributed by atoms with E-state index < -0.39 is 10.0 Å². The van der Waals surface area contributed by atoms with E-state index in [-0.39, 0.29) is 5.92 Å². The largest absolute Gasteiger partial charge is 0.269 e. The molecule has 1 aliphatic heterocycles. The van der Waals surface area contributed by atoms with Gasteiger partial charge in [-0.25, -0.2) is 12.7 Å². The number of sulfonamides is 1. The normalized spacial score (nSPS) is 18.2. The monoisotopic (exact) mass is 452 g/mol. The number of piperidine rings is 1. The first-order valence-electron chi connectivity index (χ1n) is 9.21. The van der Waals surface area contributed by atoms with Crippen LogP contribution < -0.4 is 0 Å². The number of halogens is 1. The Morgan fingerprint density at radius 1 is 1.31 bits per heavy atom. The molecule has 1 aromatic carbocycles. The number of hydrogen-bond acceptors (Lipinski definition) is 5. The van der Waals surface area contributed by atoms with Gasteiger partial charge in [-0.3, -0.25) is 14.3 Å². The van der Waals surface area contributed by atoms with Crippen LogP contribution in [0.1, 0.15) is 30.1 Å². The second-order valence-electron chi connectivity index (χ2n) is 7.21. The summed E-state index contributed by atoms with van der Waals surface area (Å²) < 4.78 is 29.6. The molecule has 3 heterocycles. The summed E-state index contributed by atoms with van der Waals surface area (Å²) in [6.07, 6.45) is 6.52. The summed E-state index contributed by atoms with van der Waals surface area (Å²) in [5, 5.41) is 12.4. The number of benzene rings is 1. The topological polar surface area (TPSA) is 88.8 Å². The van der Waals surface area contributed by atoms with Gasteiger partial charge in [0, 0.05) is 30.2 Å². The van der Waals surface area contributed by atoms with Gasteiger partial charge in [-0.1, -0.05) is 23.7 Å². The van der Waals surface area contributed by atoms with Crippen molar-refractivity contribution < 1.29 is 8.42 Å². The molecule has 0 spiro atoms. The van der Waals surface area contributed by atoms with Crippen LogP contribution in [0.2, 0.25) is 5.02 Å². The lowest BCUT2D eigenvalue weighted by Gasteiger charge is -2.30. The molecule has 1 saturated heterocycles. The molecule has 3 aromatic rings. The minimum atomic E-state index is -3.24. The Labute approximate surface area is 179 Å². The van der Waals surface area contributed by atoms with Crippen LogP contribution in [0.25, 0.3) is 5.69 Å². The van der Waals surface area contributed by atoms with Gasteiger partial charge in [0.1, 0.15) is 5.82 Å². The standard InChI is InChI=1S/C18H21ClN6O2S2/c1-29(26,27)24-8-2-3-14(11-24)17-21-22-18(28)25(17)16-9-20-23(12-16)10-13-4-6-15(19)7-5-13/h4-7,9,12,14H,2-3,8,10-11H2,1H3,(H,22,28)/t14-/m1/s1. The second-order valence-corrected chi connectivity index (χ2v) is 10.0. The summed E-state index contributed by atoms with van der Waals surface area (Å²) in [5.74, 6) is 0.695. The maximum atomic E-state index is 12.0. The van der Waals surface area contributed by atoms with Crippen molar-refractivity contribution in [2.45, 2.75) is 25.3 Å². The third kappa shape index (κ3) is 4.45. The van der Waals surface area contributed by atoms with Crippen molar-refractivity contribution in [2.75, 3.05) is 19.3 Å². The van der Waals surface area contributed by atoms with Gasteiger partial charge in [0.15, 0.2) is 4.77 Å². The summed E-state index contributed by atoms with van der Waals surface area (Å²) >= 11 is 11.4. The smallest absolute Gasteiger partial charge is 0.211 e. The van der Waals surface area contributed by atoms with Gasteiger partial charge in [0.2, 0.25) is 10.0 Å². The average Bonchev–Trinajstić information content (AvgIpc) is 3.29. The van der Waals surface area contributed by atoms with Crippen LogP contribution in [0.5, 0.6) is 0 Å². The minimum Gasteiger partial charge on any atom is -0.269 e. The Balaban J connectivity index is 1.60. The lowest BCUT2D eigenvalue weighted by Crippen LogP contribution is -2.39. The number of rotatable bonds is 5.